The van der Waals surface area contributed by atoms with Crippen molar-refractivity contribution in [3.63, 3.8) is 0 Å². The second-order valence-electron chi connectivity index (χ2n) is 8.74. The average Bonchev–Trinajstić information content (AvgIpc) is 3.09. The van der Waals surface area contributed by atoms with Crippen LogP contribution < -0.4 is 4.74 Å². The van der Waals surface area contributed by atoms with Gasteiger partial charge in [0.25, 0.3) is 0 Å². The Morgan fingerprint density at radius 3 is 2.30 bits per heavy atom. The summed E-state index contributed by atoms with van der Waals surface area (Å²) < 4.78 is 26.9. The first-order valence-corrected chi connectivity index (χ1v) is 11.3. The Kier molecular flexibility index (Phi) is 8.61. The number of rotatable bonds is 11. The quantitative estimate of drug-likeness (QED) is 0.440. The predicted octanol–water partition coefficient (Wildman–Crippen LogP) is 5.01. The van der Waals surface area contributed by atoms with E-state index in [0.29, 0.717) is 24.7 Å². The number of hydrogen-bond donors (Lipinski definition) is 1. The highest BCUT2D eigenvalue weighted by Crippen LogP contribution is 2.34. The smallest absolute Gasteiger partial charge is 0.222 e. The van der Waals surface area contributed by atoms with E-state index >= 15 is 0 Å². The van der Waals surface area contributed by atoms with Gasteiger partial charge in [-0.2, -0.15) is 5.10 Å². The third-order valence-electron chi connectivity index (χ3n) is 5.32. The normalized spacial score (nSPS) is 12.7. The average molecular weight is 456 g/mol. The molecule has 33 heavy (non-hydrogen) atoms. The molecule has 0 fully saturated rings. The number of halogens is 1. The van der Waals surface area contributed by atoms with Gasteiger partial charge in [-0.1, -0.05) is 30.3 Å². The van der Waals surface area contributed by atoms with Gasteiger partial charge < -0.3 is 14.6 Å². The zero-order valence-corrected chi connectivity index (χ0v) is 20.0. The van der Waals surface area contributed by atoms with Gasteiger partial charge in [0.2, 0.25) is 5.88 Å². The monoisotopic (exact) mass is 455 g/mol. The maximum Gasteiger partial charge on any atom is 0.222 e. The lowest BCUT2D eigenvalue weighted by Gasteiger charge is -2.29. The van der Waals surface area contributed by atoms with E-state index in [4.69, 9.17) is 14.6 Å². The van der Waals surface area contributed by atoms with Crippen LogP contribution in [0.5, 0.6) is 11.6 Å². The Balaban J connectivity index is 1.94. The molecule has 1 atom stereocenters. The van der Waals surface area contributed by atoms with Crippen molar-refractivity contribution >= 4 is 0 Å². The molecule has 0 unspecified atom stereocenters. The van der Waals surface area contributed by atoms with Gasteiger partial charge in [0.1, 0.15) is 17.3 Å². The summed E-state index contributed by atoms with van der Waals surface area (Å²) in [4.78, 5) is 2.18. The van der Waals surface area contributed by atoms with E-state index in [-0.39, 0.29) is 24.6 Å². The molecule has 0 amide bonds. The van der Waals surface area contributed by atoms with Crippen LogP contribution in [0.4, 0.5) is 4.39 Å². The second-order valence-corrected chi connectivity index (χ2v) is 8.74. The number of aromatic nitrogens is 2. The molecule has 3 aromatic rings. The number of aryl methyl sites for hydroxylation is 1. The molecule has 0 aliphatic heterocycles. The zero-order chi connectivity index (χ0) is 24.0. The first kappa shape index (κ1) is 24.9. The highest BCUT2D eigenvalue weighted by molar-refractivity contribution is 5.65. The number of nitrogens with zero attached hydrogens (tertiary/aromatic N) is 3. The molecule has 1 heterocycles. The van der Waals surface area contributed by atoms with Crippen molar-refractivity contribution in [1.82, 2.24) is 14.7 Å². The van der Waals surface area contributed by atoms with E-state index in [0.717, 1.165) is 16.8 Å². The van der Waals surface area contributed by atoms with Crippen LogP contribution in [0, 0.1) is 5.82 Å². The summed E-state index contributed by atoms with van der Waals surface area (Å²) in [7, 11) is 1.83. The van der Waals surface area contributed by atoms with Crippen molar-refractivity contribution in [1.29, 1.82) is 0 Å². The second kappa shape index (κ2) is 11.4. The van der Waals surface area contributed by atoms with Crippen molar-refractivity contribution in [2.75, 3.05) is 13.2 Å². The number of aliphatic hydroxyl groups excluding tert-OH is 1. The molecule has 0 saturated heterocycles. The molecule has 0 radical (unpaired) electrons. The maximum atomic E-state index is 13.4. The van der Waals surface area contributed by atoms with E-state index in [1.54, 1.807) is 16.8 Å². The van der Waals surface area contributed by atoms with Gasteiger partial charge in [-0.05, 0) is 52.0 Å². The third kappa shape index (κ3) is 6.87. The van der Waals surface area contributed by atoms with Crippen LogP contribution in [-0.4, -0.2) is 51.2 Å². The van der Waals surface area contributed by atoms with Crippen LogP contribution in [0.1, 0.15) is 33.3 Å². The molecule has 0 spiro atoms. The number of hydrogen-bond acceptors (Lipinski definition) is 5. The van der Waals surface area contributed by atoms with E-state index in [1.807, 2.05) is 51.2 Å². The molecule has 0 saturated carbocycles. The highest BCUT2D eigenvalue weighted by Gasteiger charge is 2.24. The lowest BCUT2D eigenvalue weighted by Crippen LogP contribution is -2.39. The molecule has 178 valence electrons. The van der Waals surface area contributed by atoms with Gasteiger partial charge in [-0.25, -0.2) is 9.07 Å². The Bertz CT molecular complexity index is 1000. The molecule has 7 heteroatoms. The molecule has 0 bridgehead atoms. The predicted molar refractivity (Wildman–Crippen MR) is 128 cm³/mol. The Labute approximate surface area is 195 Å². The summed E-state index contributed by atoms with van der Waals surface area (Å²) in [5, 5.41) is 15.3. The lowest BCUT2D eigenvalue weighted by molar-refractivity contribution is -0.0137. The van der Waals surface area contributed by atoms with Crippen molar-refractivity contribution in [3.8, 4) is 22.9 Å². The molecule has 1 N–H and O–H groups in total. The molecule has 3 rings (SSSR count). The van der Waals surface area contributed by atoms with Crippen molar-refractivity contribution in [2.24, 2.45) is 7.05 Å². The van der Waals surface area contributed by atoms with Crippen molar-refractivity contribution < 1.29 is 19.0 Å². The minimum Gasteiger partial charge on any atom is -0.439 e. The zero-order valence-electron chi connectivity index (χ0n) is 20.0. The highest BCUT2D eigenvalue weighted by atomic mass is 19.1. The summed E-state index contributed by atoms with van der Waals surface area (Å²) in [5.41, 5.74) is 2.69. The molecule has 2 aromatic carbocycles. The fourth-order valence-corrected chi connectivity index (χ4v) is 3.55. The Hall–Kier alpha value is -2.74. The fourth-order valence-electron chi connectivity index (χ4n) is 3.55. The van der Waals surface area contributed by atoms with E-state index in [1.165, 1.54) is 12.1 Å². The molecule has 0 aliphatic carbocycles. The van der Waals surface area contributed by atoms with Gasteiger partial charge in [0.15, 0.2) is 0 Å². The van der Waals surface area contributed by atoms with Gasteiger partial charge in [0, 0.05) is 31.7 Å². The molecular formula is C26H34FN3O3. The van der Waals surface area contributed by atoms with Gasteiger partial charge in [-0.3, -0.25) is 4.90 Å². The number of aliphatic hydroxyl groups is 1. The standard InChI is InChI=1S/C26H34FN3O3/c1-18(2)30(15-22(31)17-32-19(3)4)16-24-25(20-9-7-6-8-10-20)28-29(5)26(24)33-23-13-11-21(27)12-14-23/h6-14,18-19,22,31H,15-17H2,1-5H3/t22-/m0/s1. The Morgan fingerprint density at radius 2 is 1.70 bits per heavy atom. The lowest BCUT2D eigenvalue weighted by atomic mass is 10.1. The summed E-state index contributed by atoms with van der Waals surface area (Å²) in [6.45, 7) is 9.33. The SMILES string of the molecule is CC(C)OC[C@@H](O)CN(Cc1c(-c2ccccc2)nn(C)c1Oc1ccc(F)cc1)C(C)C. The molecule has 0 aliphatic rings. The molecule has 6 nitrogen and oxygen atoms in total. The summed E-state index contributed by atoms with van der Waals surface area (Å²) >= 11 is 0. The third-order valence-corrected chi connectivity index (χ3v) is 5.32. The number of benzene rings is 2. The first-order valence-electron chi connectivity index (χ1n) is 11.3. The summed E-state index contributed by atoms with van der Waals surface area (Å²) in [6.07, 6.45) is -0.556. The van der Waals surface area contributed by atoms with Crippen LogP contribution in [0.2, 0.25) is 0 Å². The Morgan fingerprint density at radius 1 is 1.03 bits per heavy atom. The van der Waals surface area contributed by atoms with Crippen LogP contribution in [0.15, 0.2) is 54.6 Å². The van der Waals surface area contributed by atoms with Crippen LogP contribution in [0.3, 0.4) is 0 Å². The minimum atomic E-state index is -0.617. The molecular weight excluding hydrogens is 421 g/mol. The summed E-state index contributed by atoms with van der Waals surface area (Å²) in [5.74, 6) is 0.793. The largest absolute Gasteiger partial charge is 0.439 e. The van der Waals surface area contributed by atoms with E-state index < -0.39 is 6.10 Å². The van der Waals surface area contributed by atoms with Crippen LogP contribution in [-0.2, 0) is 18.3 Å². The number of ether oxygens (including phenoxy) is 2. The maximum absolute atomic E-state index is 13.4. The minimum absolute atomic E-state index is 0.0610. The van der Waals surface area contributed by atoms with Gasteiger partial charge >= 0.3 is 0 Å². The van der Waals surface area contributed by atoms with Crippen LogP contribution >= 0.6 is 0 Å². The van der Waals surface area contributed by atoms with Gasteiger partial charge in [0.05, 0.1) is 24.4 Å². The summed E-state index contributed by atoms with van der Waals surface area (Å²) in [6, 6.07) is 16.0. The van der Waals surface area contributed by atoms with Crippen LogP contribution in [0.25, 0.3) is 11.3 Å². The molecule has 1 aromatic heterocycles. The van der Waals surface area contributed by atoms with Crippen molar-refractivity contribution in [3.05, 3.63) is 66.0 Å². The van der Waals surface area contributed by atoms with Crippen molar-refractivity contribution in [2.45, 2.75) is 52.5 Å². The van der Waals surface area contributed by atoms with E-state index in [9.17, 15) is 9.50 Å². The first-order chi connectivity index (χ1) is 15.7. The van der Waals surface area contributed by atoms with E-state index in [2.05, 4.69) is 18.7 Å². The topological polar surface area (TPSA) is 59.8 Å². The fraction of sp³-hybridized carbons (Fsp3) is 0.423. The van der Waals surface area contributed by atoms with Gasteiger partial charge in [-0.15, -0.1) is 0 Å².